The van der Waals surface area contributed by atoms with Gasteiger partial charge in [0.05, 0.1) is 5.25 Å². The van der Waals surface area contributed by atoms with E-state index < -0.39 is 33.4 Å². The molecule has 0 bridgehead atoms. The Hall–Kier alpha value is -0.660. The summed E-state index contributed by atoms with van der Waals surface area (Å²) in [7, 11) is -3.54. The lowest BCUT2D eigenvalue weighted by molar-refractivity contribution is -0.155. The van der Waals surface area contributed by atoms with Gasteiger partial charge < -0.3 is 10.2 Å². The molecule has 0 aliphatic carbocycles. The van der Waals surface area contributed by atoms with Crippen molar-refractivity contribution in [3.63, 3.8) is 0 Å². The Bertz CT molecular complexity index is 306. The fraction of sp³-hybridized carbons (Fsp3) is 0.857. The first kappa shape index (κ1) is 13.3. The zero-order valence-corrected chi connectivity index (χ0v) is 9.13. The Morgan fingerprint density at radius 3 is 2.21 bits per heavy atom. The number of rotatable bonds is 5. The summed E-state index contributed by atoms with van der Waals surface area (Å²) in [6.45, 7) is 3.40. The highest BCUT2D eigenvalue weighted by atomic mass is 32.2. The van der Waals surface area contributed by atoms with Gasteiger partial charge in [0.2, 0.25) is 10.0 Å². The molecule has 84 valence electrons. The van der Waals surface area contributed by atoms with Crippen LogP contribution in [-0.2, 0) is 14.8 Å². The predicted octanol–water partition coefficient (Wildman–Crippen LogP) is -0.850. The van der Waals surface area contributed by atoms with Crippen LogP contribution in [0.15, 0.2) is 0 Å². The number of carbonyl (C=O) groups is 1. The second-order valence-corrected chi connectivity index (χ2v) is 5.82. The number of hydrogen-bond acceptors (Lipinski definition) is 4. The Balaban J connectivity index is 4.41. The third-order valence-electron chi connectivity index (χ3n) is 1.70. The third-order valence-corrected chi connectivity index (χ3v) is 3.49. The molecule has 14 heavy (non-hydrogen) atoms. The fourth-order valence-electron chi connectivity index (χ4n) is 0.483. The first-order chi connectivity index (χ1) is 6.09. The van der Waals surface area contributed by atoms with Crippen molar-refractivity contribution in [2.45, 2.75) is 31.6 Å². The Morgan fingerprint density at radius 1 is 1.50 bits per heavy atom. The summed E-state index contributed by atoms with van der Waals surface area (Å²) in [5, 5.41) is 17.0. The SMILES string of the molecule is CC(C)S(=O)(=O)NCC(C)(O)C(=O)O. The van der Waals surface area contributed by atoms with Crippen molar-refractivity contribution in [3.8, 4) is 0 Å². The fourth-order valence-corrected chi connectivity index (χ4v) is 1.30. The zero-order valence-electron chi connectivity index (χ0n) is 8.31. The van der Waals surface area contributed by atoms with E-state index in [0.29, 0.717) is 0 Å². The molecule has 0 heterocycles. The second kappa shape index (κ2) is 4.24. The molecule has 0 radical (unpaired) electrons. The van der Waals surface area contributed by atoms with Crippen molar-refractivity contribution in [2.24, 2.45) is 0 Å². The number of aliphatic carboxylic acids is 1. The lowest BCUT2D eigenvalue weighted by Gasteiger charge is -2.19. The highest BCUT2D eigenvalue weighted by molar-refractivity contribution is 7.90. The maximum Gasteiger partial charge on any atom is 0.336 e. The average Bonchev–Trinajstić information content (AvgIpc) is 2.01. The van der Waals surface area contributed by atoms with E-state index in [2.05, 4.69) is 0 Å². The van der Waals surface area contributed by atoms with E-state index in [-0.39, 0.29) is 0 Å². The molecule has 0 saturated carbocycles. The number of hydrogen-bond donors (Lipinski definition) is 3. The van der Waals surface area contributed by atoms with Crippen LogP contribution < -0.4 is 4.72 Å². The first-order valence-corrected chi connectivity index (χ1v) is 5.58. The molecule has 0 amide bonds. The molecule has 0 aliphatic heterocycles. The van der Waals surface area contributed by atoms with Crippen molar-refractivity contribution in [1.82, 2.24) is 4.72 Å². The molecule has 0 aliphatic rings. The van der Waals surface area contributed by atoms with Crippen LogP contribution >= 0.6 is 0 Å². The summed E-state index contributed by atoms with van der Waals surface area (Å²) < 4.78 is 24.4. The second-order valence-electron chi connectivity index (χ2n) is 3.49. The maximum absolute atomic E-state index is 11.2. The van der Waals surface area contributed by atoms with Crippen molar-refractivity contribution in [2.75, 3.05) is 6.54 Å². The van der Waals surface area contributed by atoms with E-state index in [1.807, 2.05) is 4.72 Å². The van der Waals surface area contributed by atoms with E-state index in [9.17, 15) is 18.3 Å². The van der Waals surface area contributed by atoms with Gasteiger partial charge in [0, 0.05) is 6.54 Å². The van der Waals surface area contributed by atoms with Crippen molar-refractivity contribution in [1.29, 1.82) is 0 Å². The molecule has 0 aromatic rings. The minimum atomic E-state index is -3.54. The average molecular weight is 225 g/mol. The molecule has 3 N–H and O–H groups in total. The van der Waals surface area contributed by atoms with Crippen LogP contribution in [0.5, 0.6) is 0 Å². The van der Waals surface area contributed by atoms with Gasteiger partial charge in [-0.05, 0) is 20.8 Å². The molecular weight excluding hydrogens is 210 g/mol. The molecule has 6 nitrogen and oxygen atoms in total. The molecule has 1 unspecified atom stereocenters. The lowest BCUT2D eigenvalue weighted by atomic mass is 10.1. The number of nitrogens with one attached hydrogen (secondary N) is 1. The minimum Gasteiger partial charge on any atom is -0.479 e. The smallest absolute Gasteiger partial charge is 0.336 e. The number of carboxylic acids is 1. The molecule has 0 saturated heterocycles. The number of carboxylic acid groups (broad SMARTS) is 1. The summed E-state index contributed by atoms with van der Waals surface area (Å²) in [6, 6.07) is 0. The molecule has 0 spiro atoms. The van der Waals surface area contributed by atoms with E-state index in [1.165, 1.54) is 13.8 Å². The molecule has 7 heteroatoms. The van der Waals surface area contributed by atoms with Gasteiger partial charge in [0.25, 0.3) is 0 Å². The Morgan fingerprint density at radius 2 is 1.93 bits per heavy atom. The summed E-state index contributed by atoms with van der Waals surface area (Å²) >= 11 is 0. The van der Waals surface area contributed by atoms with Gasteiger partial charge in [-0.3, -0.25) is 0 Å². The van der Waals surface area contributed by atoms with Crippen LogP contribution in [0.25, 0.3) is 0 Å². The van der Waals surface area contributed by atoms with Gasteiger partial charge >= 0.3 is 5.97 Å². The van der Waals surface area contributed by atoms with Crippen LogP contribution in [0, 0.1) is 0 Å². The summed E-state index contributed by atoms with van der Waals surface area (Å²) in [5.41, 5.74) is -2.08. The van der Waals surface area contributed by atoms with E-state index in [1.54, 1.807) is 0 Å². The summed E-state index contributed by atoms with van der Waals surface area (Å²) in [5.74, 6) is -1.47. The van der Waals surface area contributed by atoms with E-state index >= 15 is 0 Å². The van der Waals surface area contributed by atoms with E-state index in [0.717, 1.165) is 6.92 Å². The third kappa shape index (κ3) is 3.60. The van der Waals surface area contributed by atoms with Gasteiger partial charge in [-0.25, -0.2) is 17.9 Å². The van der Waals surface area contributed by atoms with Gasteiger partial charge in [0.1, 0.15) is 0 Å². The quantitative estimate of drug-likeness (QED) is 0.565. The normalized spacial score (nSPS) is 16.6. The number of sulfonamides is 1. The Kier molecular flexibility index (Phi) is 4.04. The monoisotopic (exact) mass is 225 g/mol. The van der Waals surface area contributed by atoms with Crippen LogP contribution in [0.3, 0.4) is 0 Å². The van der Waals surface area contributed by atoms with Crippen LogP contribution in [0.1, 0.15) is 20.8 Å². The highest BCUT2D eigenvalue weighted by Gasteiger charge is 2.31. The van der Waals surface area contributed by atoms with Crippen molar-refractivity contribution >= 4 is 16.0 Å². The maximum atomic E-state index is 11.2. The van der Waals surface area contributed by atoms with Gasteiger partial charge in [-0.1, -0.05) is 0 Å². The summed E-state index contributed by atoms with van der Waals surface area (Å²) in [4.78, 5) is 10.4. The van der Waals surface area contributed by atoms with Crippen LogP contribution in [0.4, 0.5) is 0 Å². The first-order valence-electron chi connectivity index (χ1n) is 4.04. The standard InChI is InChI=1S/C7H15NO5S/c1-5(2)14(12,13)8-4-7(3,11)6(9)10/h5,8,11H,4H2,1-3H3,(H,9,10). The van der Waals surface area contributed by atoms with Gasteiger partial charge in [0.15, 0.2) is 5.60 Å². The number of aliphatic hydroxyl groups is 1. The van der Waals surface area contributed by atoms with Gasteiger partial charge in [-0.2, -0.15) is 0 Å². The van der Waals surface area contributed by atoms with Crippen molar-refractivity contribution < 1.29 is 23.4 Å². The molecule has 1 atom stereocenters. The predicted molar refractivity (Wildman–Crippen MR) is 50.3 cm³/mol. The minimum absolute atomic E-state index is 0.539. The zero-order chi connectivity index (χ0) is 11.6. The Labute approximate surface area is 83.0 Å². The van der Waals surface area contributed by atoms with Gasteiger partial charge in [-0.15, -0.1) is 0 Å². The largest absolute Gasteiger partial charge is 0.479 e. The highest BCUT2D eigenvalue weighted by Crippen LogP contribution is 2.03. The van der Waals surface area contributed by atoms with Crippen LogP contribution in [-0.4, -0.2) is 42.0 Å². The molecule has 0 rings (SSSR count). The topological polar surface area (TPSA) is 104 Å². The van der Waals surface area contributed by atoms with E-state index in [4.69, 9.17) is 5.11 Å². The molecular formula is C7H15NO5S. The lowest BCUT2D eigenvalue weighted by Crippen LogP contribution is -2.47. The molecule has 0 aromatic heterocycles. The summed E-state index contributed by atoms with van der Waals surface area (Å²) in [6.07, 6.45) is 0. The molecule has 0 fully saturated rings. The van der Waals surface area contributed by atoms with Crippen LogP contribution in [0.2, 0.25) is 0 Å². The van der Waals surface area contributed by atoms with Crippen molar-refractivity contribution in [3.05, 3.63) is 0 Å². The molecule has 0 aromatic carbocycles.